The van der Waals surface area contributed by atoms with Crippen molar-refractivity contribution in [1.82, 2.24) is 5.32 Å². The first-order chi connectivity index (χ1) is 9.57. The highest BCUT2D eigenvalue weighted by molar-refractivity contribution is 5.80. The number of esters is 1. The van der Waals surface area contributed by atoms with Crippen molar-refractivity contribution >= 4 is 5.97 Å². The van der Waals surface area contributed by atoms with E-state index < -0.39 is 5.54 Å². The standard InChI is InChI=1S/C17H27NO2/c1-5-14(3)12-17(6-2,16(19)20-4)18-13-15-10-8-7-9-11-15/h7-11,14,18H,5-6,12-13H2,1-4H3. The van der Waals surface area contributed by atoms with Crippen LogP contribution in [0.2, 0.25) is 0 Å². The second kappa shape index (κ2) is 8.05. The minimum atomic E-state index is -0.583. The molecule has 1 aromatic rings. The van der Waals surface area contributed by atoms with Crippen LogP contribution in [0.1, 0.15) is 45.6 Å². The number of carbonyl (C=O) groups excluding carboxylic acids is 1. The zero-order chi connectivity index (χ0) is 15.0. The average molecular weight is 277 g/mol. The Kier molecular flexibility index (Phi) is 6.73. The molecule has 0 heterocycles. The molecule has 0 aliphatic heterocycles. The molecule has 20 heavy (non-hydrogen) atoms. The molecule has 0 spiro atoms. The van der Waals surface area contributed by atoms with E-state index in [-0.39, 0.29) is 5.97 Å². The van der Waals surface area contributed by atoms with Crippen LogP contribution < -0.4 is 5.32 Å². The van der Waals surface area contributed by atoms with Crippen molar-refractivity contribution in [3.63, 3.8) is 0 Å². The third-order valence-electron chi connectivity index (χ3n) is 4.05. The molecule has 2 unspecified atom stereocenters. The van der Waals surface area contributed by atoms with Crippen LogP contribution in [0.5, 0.6) is 0 Å². The van der Waals surface area contributed by atoms with Gasteiger partial charge in [0.05, 0.1) is 7.11 Å². The fourth-order valence-corrected chi connectivity index (χ4v) is 2.44. The highest BCUT2D eigenvalue weighted by atomic mass is 16.5. The van der Waals surface area contributed by atoms with E-state index in [1.165, 1.54) is 12.7 Å². The maximum absolute atomic E-state index is 12.3. The number of hydrogen-bond donors (Lipinski definition) is 1. The second-order valence-corrected chi connectivity index (χ2v) is 5.48. The summed E-state index contributed by atoms with van der Waals surface area (Å²) in [7, 11) is 1.47. The molecule has 0 aromatic heterocycles. The zero-order valence-electron chi connectivity index (χ0n) is 13.1. The van der Waals surface area contributed by atoms with Gasteiger partial charge >= 0.3 is 5.97 Å². The molecule has 0 fully saturated rings. The smallest absolute Gasteiger partial charge is 0.326 e. The SMILES string of the molecule is CCC(C)CC(CC)(NCc1ccccc1)C(=O)OC. The van der Waals surface area contributed by atoms with E-state index in [4.69, 9.17) is 4.74 Å². The Hall–Kier alpha value is -1.35. The Bertz CT molecular complexity index is 405. The summed E-state index contributed by atoms with van der Waals surface area (Å²) < 4.78 is 5.04. The molecule has 1 aromatic carbocycles. The van der Waals surface area contributed by atoms with Crippen LogP contribution in [0, 0.1) is 5.92 Å². The van der Waals surface area contributed by atoms with Gasteiger partial charge in [0.15, 0.2) is 0 Å². The number of carbonyl (C=O) groups is 1. The lowest BCUT2D eigenvalue weighted by atomic mass is 9.84. The molecule has 0 radical (unpaired) electrons. The topological polar surface area (TPSA) is 38.3 Å². The van der Waals surface area contributed by atoms with Gasteiger partial charge in [-0.2, -0.15) is 0 Å². The van der Waals surface area contributed by atoms with E-state index in [1.54, 1.807) is 0 Å². The Morgan fingerprint density at radius 1 is 1.30 bits per heavy atom. The largest absolute Gasteiger partial charge is 0.468 e. The van der Waals surface area contributed by atoms with E-state index in [9.17, 15) is 4.79 Å². The number of nitrogens with one attached hydrogen (secondary N) is 1. The first-order valence-electron chi connectivity index (χ1n) is 7.45. The van der Waals surface area contributed by atoms with E-state index in [0.717, 1.165) is 19.3 Å². The van der Waals surface area contributed by atoms with Crippen molar-refractivity contribution in [2.75, 3.05) is 7.11 Å². The quantitative estimate of drug-likeness (QED) is 0.739. The summed E-state index contributed by atoms with van der Waals surface area (Å²) in [6.07, 6.45) is 2.60. The van der Waals surface area contributed by atoms with Crippen LogP contribution in [0.15, 0.2) is 30.3 Å². The molecule has 0 saturated carbocycles. The van der Waals surface area contributed by atoms with Crippen molar-refractivity contribution < 1.29 is 9.53 Å². The molecule has 0 aliphatic carbocycles. The molecule has 3 nitrogen and oxygen atoms in total. The number of rotatable bonds is 8. The Morgan fingerprint density at radius 2 is 1.95 bits per heavy atom. The van der Waals surface area contributed by atoms with Crippen LogP contribution in [-0.4, -0.2) is 18.6 Å². The lowest BCUT2D eigenvalue weighted by molar-refractivity contribution is -0.149. The average Bonchev–Trinajstić information content (AvgIpc) is 2.51. The molecule has 3 heteroatoms. The lowest BCUT2D eigenvalue weighted by Gasteiger charge is -2.33. The second-order valence-electron chi connectivity index (χ2n) is 5.48. The Morgan fingerprint density at radius 3 is 2.45 bits per heavy atom. The molecule has 0 saturated heterocycles. The molecular weight excluding hydrogens is 250 g/mol. The maximum Gasteiger partial charge on any atom is 0.326 e. The van der Waals surface area contributed by atoms with Crippen molar-refractivity contribution in [1.29, 1.82) is 0 Å². The van der Waals surface area contributed by atoms with Gasteiger partial charge in [-0.25, -0.2) is 0 Å². The minimum absolute atomic E-state index is 0.156. The minimum Gasteiger partial charge on any atom is -0.468 e. The van der Waals surface area contributed by atoms with E-state index in [2.05, 4.69) is 31.3 Å². The maximum atomic E-state index is 12.3. The molecule has 0 aliphatic rings. The van der Waals surface area contributed by atoms with Gasteiger partial charge in [0.25, 0.3) is 0 Å². The van der Waals surface area contributed by atoms with Crippen molar-refractivity contribution in [3.8, 4) is 0 Å². The van der Waals surface area contributed by atoms with Gasteiger partial charge in [0.1, 0.15) is 5.54 Å². The summed E-state index contributed by atoms with van der Waals surface area (Å²) in [6, 6.07) is 10.1. The monoisotopic (exact) mass is 277 g/mol. The van der Waals surface area contributed by atoms with Gasteiger partial charge in [-0.05, 0) is 24.3 Å². The number of ether oxygens (including phenoxy) is 1. The first kappa shape index (κ1) is 16.7. The summed E-state index contributed by atoms with van der Waals surface area (Å²) in [5, 5.41) is 3.44. The molecule has 1 rings (SSSR count). The predicted octanol–water partition coefficient (Wildman–Crippen LogP) is 3.53. The third kappa shape index (κ3) is 4.34. The normalized spacial score (nSPS) is 15.4. The van der Waals surface area contributed by atoms with Crippen molar-refractivity contribution in [2.45, 2.75) is 52.1 Å². The highest BCUT2D eigenvalue weighted by Crippen LogP contribution is 2.25. The molecule has 2 atom stereocenters. The van der Waals surface area contributed by atoms with Crippen LogP contribution in [0.25, 0.3) is 0 Å². The lowest BCUT2D eigenvalue weighted by Crippen LogP contribution is -2.53. The van der Waals surface area contributed by atoms with Gasteiger partial charge in [-0.1, -0.05) is 57.5 Å². The zero-order valence-corrected chi connectivity index (χ0v) is 13.1. The Labute approximate surface area is 122 Å². The van der Waals surface area contributed by atoms with Crippen molar-refractivity contribution in [3.05, 3.63) is 35.9 Å². The number of hydrogen-bond acceptors (Lipinski definition) is 3. The number of methoxy groups -OCH3 is 1. The highest BCUT2D eigenvalue weighted by Gasteiger charge is 2.38. The van der Waals surface area contributed by atoms with Crippen LogP contribution in [0.4, 0.5) is 0 Å². The fraction of sp³-hybridized carbons (Fsp3) is 0.588. The summed E-state index contributed by atoms with van der Waals surface area (Å²) in [5.41, 5.74) is 0.596. The van der Waals surface area contributed by atoms with Crippen LogP contribution >= 0.6 is 0 Å². The van der Waals surface area contributed by atoms with E-state index in [1.807, 2.05) is 25.1 Å². The molecule has 112 valence electrons. The molecule has 0 bridgehead atoms. The fourth-order valence-electron chi connectivity index (χ4n) is 2.44. The van der Waals surface area contributed by atoms with Gasteiger partial charge in [-0.3, -0.25) is 10.1 Å². The van der Waals surface area contributed by atoms with Gasteiger partial charge in [-0.15, -0.1) is 0 Å². The summed E-state index contributed by atoms with van der Waals surface area (Å²) in [6.45, 7) is 7.05. The van der Waals surface area contributed by atoms with Crippen LogP contribution in [0.3, 0.4) is 0 Å². The van der Waals surface area contributed by atoms with Gasteiger partial charge in [0.2, 0.25) is 0 Å². The first-order valence-corrected chi connectivity index (χ1v) is 7.45. The summed E-state index contributed by atoms with van der Waals surface area (Å²) >= 11 is 0. The van der Waals surface area contributed by atoms with E-state index in [0.29, 0.717) is 12.5 Å². The summed E-state index contributed by atoms with van der Waals surface area (Å²) in [4.78, 5) is 12.3. The predicted molar refractivity (Wildman–Crippen MR) is 82.4 cm³/mol. The summed E-state index contributed by atoms with van der Waals surface area (Å²) in [5.74, 6) is 0.327. The third-order valence-corrected chi connectivity index (χ3v) is 4.05. The molecule has 0 amide bonds. The van der Waals surface area contributed by atoms with Gasteiger partial charge < -0.3 is 4.74 Å². The van der Waals surface area contributed by atoms with Crippen LogP contribution in [-0.2, 0) is 16.1 Å². The Balaban J connectivity index is 2.83. The molecular formula is C17H27NO2. The molecule has 1 N–H and O–H groups in total. The van der Waals surface area contributed by atoms with Gasteiger partial charge in [0, 0.05) is 6.54 Å². The van der Waals surface area contributed by atoms with E-state index >= 15 is 0 Å². The van der Waals surface area contributed by atoms with Crippen molar-refractivity contribution in [2.24, 2.45) is 5.92 Å². The number of benzene rings is 1.